The molecule has 1 amide bonds. The third-order valence-electron chi connectivity index (χ3n) is 3.27. The van der Waals surface area contributed by atoms with Crippen LogP contribution in [0, 0.1) is 0 Å². The number of alkyl halides is 3. The van der Waals surface area contributed by atoms with Crippen LogP contribution in [0.2, 0.25) is 0 Å². The number of halogens is 4. The van der Waals surface area contributed by atoms with E-state index in [1.54, 1.807) is 23.0 Å². The molecule has 1 saturated carbocycles. The zero-order chi connectivity index (χ0) is 16.6. The van der Waals surface area contributed by atoms with Crippen LogP contribution in [-0.2, 0) is 6.18 Å². The molecule has 0 bridgehead atoms. The number of pyridine rings is 1. The number of carbonyl (C=O) groups excluding carboxylic acids is 1. The maximum atomic E-state index is 12.7. The maximum absolute atomic E-state index is 12.7. The van der Waals surface area contributed by atoms with Crippen LogP contribution in [-0.4, -0.2) is 15.3 Å². The first-order chi connectivity index (χ1) is 10.9. The third kappa shape index (κ3) is 3.57. The van der Waals surface area contributed by atoms with E-state index in [2.05, 4.69) is 14.7 Å². The van der Waals surface area contributed by atoms with Crippen molar-refractivity contribution in [2.45, 2.75) is 24.9 Å². The fourth-order valence-corrected chi connectivity index (χ4v) is 3.35. The van der Waals surface area contributed by atoms with Gasteiger partial charge in [-0.05, 0) is 42.4 Å². The molecule has 0 spiro atoms. The molecule has 2 aromatic rings. The van der Waals surface area contributed by atoms with Crippen LogP contribution >= 0.6 is 34.5 Å². The Kier molecular flexibility index (Phi) is 4.45. The molecule has 1 fully saturated rings. The molecule has 2 aromatic heterocycles. The Morgan fingerprint density at radius 1 is 1.43 bits per heavy atom. The Morgan fingerprint density at radius 2 is 2.17 bits per heavy atom. The fraction of sp³-hybridized carbons (Fsp3) is 0.308. The molecule has 0 saturated heterocycles. The van der Waals surface area contributed by atoms with Crippen molar-refractivity contribution in [2.75, 3.05) is 5.32 Å². The van der Waals surface area contributed by atoms with Crippen molar-refractivity contribution in [3.63, 3.8) is 0 Å². The summed E-state index contributed by atoms with van der Waals surface area (Å²) >= 11 is 2.67. The first-order valence-electron chi connectivity index (χ1n) is 6.53. The summed E-state index contributed by atoms with van der Waals surface area (Å²) < 4.78 is 47.2. The Bertz CT molecular complexity index is 746. The second kappa shape index (κ2) is 6.23. The molecular formula is C13H9F3IN3O2S. The van der Waals surface area contributed by atoms with E-state index in [1.165, 1.54) is 6.07 Å². The molecule has 0 unspecified atom stereocenters. The average Bonchev–Trinajstić information content (AvgIpc) is 3.25. The molecule has 0 radical (unpaired) electrons. The van der Waals surface area contributed by atoms with Crippen LogP contribution in [0.1, 0.15) is 39.7 Å². The van der Waals surface area contributed by atoms with Gasteiger partial charge in [0.25, 0.3) is 5.91 Å². The minimum absolute atomic E-state index is 0.0319. The molecule has 1 aliphatic carbocycles. The van der Waals surface area contributed by atoms with Gasteiger partial charge in [0.15, 0.2) is 23.0 Å². The summed E-state index contributed by atoms with van der Waals surface area (Å²) in [6.07, 6.45) is -1.67. The summed E-state index contributed by atoms with van der Waals surface area (Å²) in [6.45, 7) is 0. The van der Waals surface area contributed by atoms with E-state index >= 15 is 0 Å². The van der Waals surface area contributed by atoms with Crippen LogP contribution in [0.25, 0.3) is 0 Å². The predicted octanol–water partition coefficient (Wildman–Crippen LogP) is 4.42. The highest BCUT2D eigenvalue weighted by atomic mass is 127. The monoisotopic (exact) mass is 455 g/mol. The minimum Gasteiger partial charge on any atom is -0.407 e. The largest absolute Gasteiger partial charge is 0.433 e. The van der Waals surface area contributed by atoms with Crippen molar-refractivity contribution in [3.8, 4) is 5.88 Å². The molecule has 3 rings (SSSR count). The topological polar surface area (TPSA) is 64.1 Å². The number of anilines is 1. The molecular weight excluding hydrogens is 446 g/mol. The molecule has 10 heteroatoms. The van der Waals surface area contributed by atoms with Gasteiger partial charge >= 0.3 is 6.18 Å². The zero-order valence-corrected chi connectivity index (χ0v) is 14.3. The average molecular weight is 455 g/mol. The van der Waals surface area contributed by atoms with Crippen LogP contribution in [0.15, 0.2) is 18.3 Å². The summed E-state index contributed by atoms with van der Waals surface area (Å²) in [4.78, 5) is 16.0. The molecule has 23 heavy (non-hydrogen) atoms. The lowest BCUT2D eigenvalue weighted by molar-refractivity contribution is -0.141. The quantitative estimate of drug-likeness (QED) is 0.694. The van der Waals surface area contributed by atoms with E-state index in [1.807, 2.05) is 0 Å². The second-order valence-electron chi connectivity index (χ2n) is 4.96. The van der Waals surface area contributed by atoms with E-state index < -0.39 is 17.8 Å². The van der Waals surface area contributed by atoms with Crippen molar-refractivity contribution < 1.29 is 21.0 Å². The number of aromatic nitrogens is 2. The number of rotatable bonds is 4. The molecule has 0 aliphatic heterocycles. The van der Waals surface area contributed by atoms with E-state index in [-0.39, 0.29) is 11.6 Å². The van der Waals surface area contributed by atoms with Gasteiger partial charge in [-0.3, -0.25) is 9.78 Å². The van der Waals surface area contributed by atoms with Crippen molar-refractivity contribution in [2.24, 2.45) is 0 Å². The molecule has 1 N–H and O–H groups in total. The van der Waals surface area contributed by atoms with Gasteiger partial charge in [-0.25, -0.2) is 0 Å². The Balaban J connectivity index is 1.84. The zero-order valence-electron chi connectivity index (χ0n) is 11.4. The van der Waals surface area contributed by atoms with Gasteiger partial charge in [0.05, 0.1) is 0 Å². The van der Waals surface area contributed by atoms with E-state index in [9.17, 15) is 18.0 Å². The van der Waals surface area contributed by atoms with Crippen molar-refractivity contribution >= 4 is 46.1 Å². The van der Waals surface area contributed by atoms with E-state index in [0.717, 1.165) is 42.2 Å². The lowest BCUT2D eigenvalue weighted by Gasteiger charge is -2.09. The predicted molar refractivity (Wildman–Crippen MR) is 85.9 cm³/mol. The maximum Gasteiger partial charge on any atom is 0.433 e. The van der Waals surface area contributed by atoms with Gasteiger partial charge in [-0.2, -0.15) is 17.5 Å². The molecule has 1 aliphatic rings. The number of hydrogen-bond donors (Lipinski definition) is 1. The smallest absolute Gasteiger partial charge is 0.407 e. The molecule has 122 valence electrons. The number of nitrogens with zero attached hydrogens (tertiary/aromatic N) is 2. The number of nitrogens with one attached hydrogen (secondary N) is 1. The number of carbonyl (C=O) groups is 1. The normalized spacial score (nSPS) is 14.6. The first-order valence-corrected chi connectivity index (χ1v) is 8.18. The second-order valence-corrected chi connectivity index (χ2v) is 6.18. The summed E-state index contributed by atoms with van der Waals surface area (Å²) in [5, 5.41) is 2.46. The fourth-order valence-electron chi connectivity index (χ4n) is 2.09. The molecule has 0 atom stereocenters. The van der Waals surface area contributed by atoms with Gasteiger partial charge in [0.2, 0.25) is 5.88 Å². The minimum atomic E-state index is -4.56. The van der Waals surface area contributed by atoms with Crippen molar-refractivity contribution in [1.82, 2.24) is 9.36 Å². The Morgan fingerprint density at radius 3 is 2.78 bits per heavy atom. The van der Waals surface area contributed by atoms with Crippen molar-refractivity contribution in [1.29, 1.82) is 0 Å². The van der Waals surface area contributed by atoms with Crippen LogP contribution in [0.3, 0.4) is 0 Å². The van der Waals surface area contributed by atoms with Crippen LogP contribution < -0.4 is 8.38 Å². The third-order valence-corrected chi connectivity index (χ3v) is 4.53. The highest BCUT2D eigenvalue weighted by molar-refractivity contribution is 14.1. The van der Waals surface area contributed by atoms with Crippen LogP contribution in [0.4, 0.5) is 18.9 Å². The Hall–Kier alpha value is -1.43. The van der Waals surface area contributed by atoms with Crippen LogP contribution in [0.5, 0.6) is 5.88 Å². The first kappa shape index (κ1) is 16.4. The lowest BCUT2D eigenvalue weighted by atomic mass is 10.1. The van der Waals surface area contributed by atoms with E-state index in [0.29, 0.717) is 10.8 Å². The Labute approximate surface area is 147 Å². The van der Waals surface area contributed by atoms with Gasteiger partial charge in [0, 0.05) is 17.4 Å². The van der Waals surface area contributed by atoms with Crippen molar-refractivity contribution in [3.05, 3.63) is 34.5 Å². The summed E-state index contributed by atoms with van der Waals surface area (Å²) in [6, 6.07) is 2.10. The SMILES string of the molecule is O=C(Nc1ccnc(C(F)(F)F)c1)c1snc(OI)c1C1CC1. The van der Waals surface area contributed by atoms with Gasteiger partial charge in [-0.15, -0.1) is 0 Å². The summed E-state index contributed by atoms with van der Waals surface area (Å²) in [5.74, 6) is 0.125. The summed E-state index contributed by atoms with van der Waals surface area (Å²) in [7, 11) is 0. The van der Waals surface area contributed by atoms with Gasteiger partial charge in [0.1, 0.15) is 10.6 Å². The molecule has 2 heterocycles. The highest BCUT2D eigenvalue weighted by Gasteiger charge is 2.35. The number of amides is 1. The standard InChI is InChI=1S/C13H9F3IN3O2S/c14-13(15,16)8-5-7(3-4-18-8)19-11(21)10-9(6-1-2-6)12(22-17)20-23-10/h3-6H,1-2H2,(H,18,19,21). The van der Waals surface area contributed by atoms with Gasteiger partial charge < -0.3 is 8.38 Å². The highest BCUT2D eigenvalue weighted by Crippen LogP contribution is 2.47. The van der Waals surface area contributed by atoms with E-state index in [4.69, 9.17) is 3.07 Å². The lowest BCUT2D eigenvalue weighted by Crippen LogP contribution is -2.14. The number of hydrogen-bond acceptors (Lipinski definition) is 5. The summed E-state index contributed by atoms with van der Waals surface area (Å²) in [5.41, 5.74) is -0.297. The van der Waals surface area contributed by atoms with Gasteiger partial charge in [-0.1, -0.05) is 0 Å². The molecule has 5 nitrogen and oxygen atoms in total. The molecule has 0 aromatic carbocycles.